The highest BCUT2D eigenvalue weighted by atomic mass is 16.2. The molecule has 0 radical (unpaired) electrons. The van der Waals surface area contributed by atoms with Crippen LogP contribution in [0.2, 0.25) is 0 Å². The molecule has 5 nitrogen and oxygen atoms in total. The Morgan fingerprint density at radius 3 is 2.33 bits per heavy atom. The molecule has 0 aromatic rings. The van der Waals surface area contributed by atoms with E-state index in [1.807, 2.05) is 25.7 Å². The van der Waals surface area contributed by atoms with Crippen LogP contribution in [-0.2, 0) is 9.59 Å². The Bertz CT molecular complexity index is 291. The van der Waals surface area contributed by atoms with Crippen LogP contribution in [0.15, 0.2) is 0 Å². The number of carbonyl (C=O) groups is 2. The smallest absolute Gasteiger partial charge is 0.236 e. The monoisotopic (exact) mass is 255 g/mol. The maximum atomic E-state index is 11.7. The van der Waals surface area contributed by atoms with E-state index in [0.717, 1.165) is 25.9 Å². The van der Waals surface area contributed by atoms with Crippen LogP contribution < -0.4 is 10.6 Å². The van der Waals surface area contributed by atoms with Crippen molar-refractivity contribution in [3.8, 4) is 0 Å². The van der Waals surface area contributed by atoms with Crippen molar-refractivity contribution in [2.75, 3.05) is 26.2 Å². The van der Waals surface area contributed by atoms with Crippen LogP contribution in [0.3, 0.4) is 0 Å². The van der Waals surface area contributed by atoms with Gasteiger partial charge in [-0.1, -0.05) is 0 Å². The second kappa shape index (κ2) is 6.73. The number of likely N-dealkylation sites (tertiary alicyclic amines) is 1. The lowest BCUT2D eigenvalue weighted by atomic mass is 10.1. The van der Waals surface area contributed by atoms with Crippen molar-refractivity contribution < 1.29 is 9.59 Å². The lowest BCUT2D eigenvalue weighted by Crippen LogP contribution is -2.42. The van der Waals surface area contributed by atoms with E-state index in [9.17, 15) is 9.59 Å². The molecule has 0 aromatic heterocycles. The number of amides is 2. The molecule has 2 N–H and O–H groups in total. The number of hydrogen-bond acceptors (Lipinski definition) is 3. The zero-order chi connectivity index (χ0) is 13.6. The molecule has 2 amide bonds. The summed E-state index contributed by atoms with van der Waals surface area (Å²) in [6, 6.07) is 0. The fourth-order valence-corrected chi connectivity index (χ4v) is 1.96. The van der Waals surface area contributed by atoms with Crippen LogP contribution in [-0.4, -0.2) is 48.4 Å². The molecule has 0 atom stereocenters. The molecule has 0 saturated carbocycles. The average Bonchev–Trinajstić information content (AvgIpc) is 2.74. The summed E-state index contributed by atoms with van der Waals surface area (Å²) in [5.74, 6) is 0.160. The number of rotatable bonds is 5. The summed E-state index contributed by atoms with van der Waals surface area (Å²) in [7, 11) is 0. The molecular weight excluding hydrogens is 230 g/mol. The fraction of sp³-hybridized carbons (Fsp3) is 0.846. The molecule has 0 aromatic carbocycles. The second-order valence-corrected chi connectivity index (χ2v) is 5.81. The largest absolute Gasteiger partial charge is 0.351 e. The highest BCUT2D eigenvalue weighted by molar-refractivity contribution is 5.79. The topological polar surface area (TPSA) is 61.4 Å². The molecule has 1 saturated heterocycles. The molecule has 0 unspecified atom stereocenters. The first-order valence-corrected chi connectivity index (χ1v) is 6.68. The first kappa shape index (κ1) is 15.0. The maximum Gasteiger partial charge on any atom is 0.236 e. The third-order valence-electron chi connectivity index (χ3n) is 2.78. The minimum atomic E-state index is -0.192. The standard InChI is InChI=1S/C13H25N3O2/c1-13(2,3)15-11(17)6-7-14-10-12(18)16-8-4-5-9-16/h14H,4-10H2,1-3H3,(H,15,17). The molecule has 1 heterocycles. The van der Waals surface area contributed by atoms with E-state index in [1.54, 1.807) is 0 Å². The van der Waals surface area contributed by atoms with Gasteiger partial charge in [0.15, 0.2) is 0 Å². The summed E-state index contributed by atoms with van der Waals surface area (Å²) in [6.45, 7) is 8.50. The second-order valence-electron chi connectivity index (χ2n) is 5.81. The Kier molecular flexibility index (Phi) is 5.59. The van der Waals surface area contributed by atoms with Gasteiger partial charge in [0.05, 0.1) is 6.54 Å². The van der Waals surface area contributed by atoms with Crippen molar-refractivity contribution in [1.29, 1.82) is 0 Å². The SMILES string of the molecule is CC(C)(C)NC(=O)CCNCC(=O)N1CCCC1. The van der Waals surface area contributed by atoms with E-state index in [-0.39, 0.29) is 17.4 Å². The zero-order valence-electron chi connectivity index (χ0n) is 11.7. The van der Waals surface area contributed by atoms with Gasteiger partial charge in [-0.3, -0.25) is 9.59 Å². The summed E-state index contributed by atoms with van der Waals surface area (Å²) < 4.78 is 0. The van der Waals surface area contributed by atoms with Crippen LogP contribution >= 0.6 is 0 Å². The Hall–Kier alpha value is -1.10. The molecule has 104 valence electrons. The number of hydrogen-bond donors (Lipinski definition) is 2. The van der Waals surface area contributed by atoms with Crippen LogP contribution in [0, 0.1) is 0 Å². The first-order chi connectivity index (χ1) is 8.38. The van der Waals surface area contributed by atoms with Crippen molar-refractivity contribution in [1.82, 2.24) is 15.5 Å². The van der Waals surface area contributed by atoms with Gasteiger partial charge in [0.1, 0.15) is 0 Å². The molecule has 0 spiro atoms. The fourth-order valence-electron chi connectivity index (χ4n) is 1.96. The molecule has 0 aliphatic carbocycles. The van der Waals surface area contributed by atoms with E-state index < -0.39 is 0 Å². The Morgan fingerprint density at radius 2 is 1.78 bits per heavy atom. The van der Waals surface area contributed by atoms with Gasteiger partial charge in [0.25, 0.3) is 0 Å². The Morgan fingerprint density at radius 1 is 1.17 bits per heavy atom. The molecule has 1 rings (SSSR count). The number of carbonyl (C=O) groups excluding carboxylic acids is 2. The van der Waals surface area contributed by atoms with Gasteiger partial charge in [-0.15, -0.1) is 0 Å². The molecule has 18 heavy (non-hydrogen) atoms. The van der Waals surface area contributed by atoms with Gasteiger partial charge < -0.3 is 15.5 Å². The molecule has 1 aliphatic heterocycles. The van der Waals surface area contributed by atoms with Crippen molar-refractivity contribution in [2.24, 2.45) is 0 Å². The summed E-state index contributed by atoms with van der Waals surface area (Å²) in [5, 5.41) is 5.91. The molecule has 5 heteroatoms. The predicted octanol–water partition coefficient (Wildman–Crippen LogP) is 0.503. The maximum absolute atomic E-state index is 11.7. The lowest BCUT2D eigenvalue weighted by Gasteiger charge is -2.20. The van der Waals surface area contributed by atoms with Gasteiger partial charge in [-0.25, -0.2) is 0 Å². The molecule has 1 aliphatic rings. The van der Waals surface area contributed by atoms with E-state index in [1.165, 1.54) is 0 Å². The number of nitrogens with zero attached hydrogens (tertiary/aromatic N) is 1. The van der Waals surface area contributed by atoms with E-state index in [2.05, 4.69) is 10.6 Å². The molecule has 1 fully saturated rings. The van der Waals surface area contributed by atoms with Crippen LogP contribution in [0.5, 0.6) is 0 Å². The van der Waals surface area contributed by atoms with Crippen molar-refractivity contribution in [3.05, 3.63) is 0 Å². The summed E-state index contributed by atoms with van der Waals surface area (Å²) in [4.78, 5) is 25.1. The van der Waals surface area contributed by atoms with Crippen LogP contribution in [0.4, 0.5) is 0 Å². The predicted molar refractivity (Wildman–Crippen MR) is 71.2 cm³/mol. The molecular formula is C13H25N3O2. The van der Waals surface area contributed by atoms with Gasteiger partial charge >= 0.3 is 0 Å². The molecule has 0 bridgehead atoms. The van der Waals surface area contributed by atoms with E-state index in [0.29, 0.717) is 19.5 Å². The van der Waals surface area contributed by atoms with Gasteiger partial charge in [-0.05, 0) is 33.6 Å². The highest BCUT2D eigenvalue weighted by Crippen LogP contribution is 2.06. The quantitative estimate of drug-likeness (QED) is 0.703. The normalized spacial score (nSPS) is 15.8. The summed E-state index contributed by atoms with van der Waals surface area (Å²) >= 11 is 0. The van der Waals surface area contributed by atoms with Gasteiger partial charge in [0, 0.05) is 31.6 Å². The van der Waals surface area contributed by atoms with Crippen LogP contribution in [0.1, 0.15) is 40.0 Å². The minimum Gasteiger partial charge on any atom is -0.351 e. The van der Waals surface area contributed by atoms with Crippen LogP contribution in [0.25, 0.3) is 0 Å². The van der Waals surface area contributed by atoms with Crippen molar-refractivity contribution in [3.63, 3.8) is 0 Å². The number of nitrogens with one attached hydrogen (secondary N) is 2. The lowest BCUT2D eigenvalue weighted by molar-refractivity contribution is -0.129. The van der Waals surface area contributed by atoms with Gasteiger partial charge in [-0.2, -0.15) is 0 Å². The zero-order valence-corrected chi connectivity index (χ0v) is 11.7. The summed E-state index contributed by atoms with van der Waals surface area (Å²) in [6.07, 6.45) is 2.63. The minimum absolute atomic E-state index is 0.0172. The highest BCUT2D eigenvalue weighted by Gasteiger charge is 2.17. The van der Waals surface area contributed by atoms with Crippen molar-refractivity contribution in [2.45, 2.75) is 45.6 Å². The third-order valence-corrected chi connectivity index (χ3v) is 2.78. The van der Waals surface area contributed by atoms with Crippen molar-refractivity contribution >= 4 is 11.8 Å². The van der Waals surface area contributed by atoms with Gasteiger partial charge in [0.2, 0.25) is 11.8 Å². The Labute approximate surface area is 109 Å². The summed E-state index contributed by atoms with van der Waals surface area (Å²) in [5.41, 5.74) is -0.192. The third kappa shape index (κ3) is 6.00. The van der Waals surface area contributed by atoms with E-state index in [4.69, 9.17) is 0 Å². The van der Waals surface area contributed by atoms with E-state index >= 15 is 0 Å². The average molecular weight is 255 g/mol. The first-order valence-electron chi connectivity index (χ1n) is 6.68. The Balaban J connectivity index is 2.07.